The van der Waals surface area contributed by atoms with Crippen molar-refractivity contribution in [3.05, 3.63) is 40.6 Å². The van der Waals surface area contributed by atoms with Gasteiger partial charge >= 0.3 is 0 Å². The lowest BCUT2D eigenvalue weighted by atomic mass is 10.1. The van der Waals surface area contributed by atoms with E-state index in [2.05, 4.69) is 26.5 Å². The molecule has 78 valence electrons. The van der Waals surface area contributed by atoms with Crippen LogP contribution in [0, 0.1) is 0 Å². The highest BCUT2D eigenvalue weighted by Gasteiger charge is 2.00. The second-order valence-electron chi connectivity index (χ2n) is 4.20. The molecule has 1 rings (SSSR count). The van der Waals surface area contributed by atoms with Gasteiger partial charge in [-0.15, -0.1) is 0 Å². The van der Waals surface area contributed by atoms with Crippen LogP contribution in [0.15, 0.2) is 35.1 Å². The lowest BCUT2D eigenvalue weighted by molar-refractivity contribution is -0.458. The molecule has 3 N–H and O–H groups in total. The first-order valence-electron chi connectivity index (χ1n) is 4.42. The normalized spacial score (nSPS) is 10.0. The van der Waals surface area contributed by atoms with Gasteiger partial charge in [0.05, 0.1) is 5.54 Å². The van der Waals surface area contributed by atoms with Gasteiger partial charge in [-0.25, -0.2) is 0 Å². The molecule has 3 heteroatoms. The first-order chi connectivity index (χ1) is 6.30. The lowest BCUT2D eigenvalue weighted by Crippen LogP contribution is -2.67. The van der Waals surface area contributed by atoms with Crippen LogP contribution >= 0.6 is 0 Å². The minimum atomic E-state index is -0.458. The zero-order valence-corrected chi connectivity index (χ0v) is 8.91. The van der Waals surface area contributed by atoms with E-state index in [4.69, 9.17) is 0 Å². The minimum Gasteiger partial charge on any atom is -0.870 e. The quantitative estimate of drug-likeness (QED) is 0.640. The Kier molecular flexibility index (Phi) is 4.87. The summed E-state index contributed by atoms with van der Waals surface area (Å²) in [6.07, 6.45) is 0. The summed E-state index contributed by atoms with van der Waals surface area (Å²) in [6.45, 7) is 6.23. The second-order valence-corrected chi connectivity index (χ2v) is 4.20. The summed E-state index contributed by atoms with van der Waals surface area (Å²) in [5.41, 5.74) is 3.56. The molecule has 0 amide bonds. The van der Waals surface area contributed by atoms with Gasteiger partial charge in [0.2, 0.25) is 0 Å². The molecule has 0 saturated carbocycles. The molecular formula is C11H17NO2. The summed E-state index contributed by atoms with van der Waals surface area (Å²) < 4.78 is 0. The average molecular weight is 195 g/mol. The van der Waals surface area contributed by atoms with Gasteiger partial charge < -0.3 is 10.8 Å². The van der Waals surface area contributed by atoms with Gasteiger partial charge in [-0.2, -0.15) is 0 Å². The monoisotopic (exact) mass is 195 g/mol. The van der Waals surface area contributed by atoms with Crippen molar-refractivity contribution in [2.45, 2.75) is 26.3 Å². The third kappa shape index (κ3) is 8.74. The van der Waals surface area contributed by atoms with Crippen LogP contribution in [0.4, 0.5) is 0 Å². The Hall–Kier alpha value is -1.35. The van der Waals surface area contributed by atoms with E-state index in [0.29, 0.717) is 0 Å². The molecule has 0 aliphatic heterocycles. The van der Waals surface area contributed by atoms with Crippen LogP contribution in [-0.4, -0.2) is 5.54 Å². The molecule has 0 radical (unpaired) electrons. The summed E-state index contributed by atoms with van der Waals surface area (Å²) in [5, 5.41) is 10.5. The minimum absolute atomic E-state index is 0.250. The fourth-order valence-corrected chi connectivity index (χ4v) is 0.514. The highest BCUT2D eigenvalue weighted by atomic mass is 16.3. The summed E-state index contributed by atoms with van der Waals surface area (Å²) >= 11 is 0. The zero-order valence-electron chi connectivity index (χ0n) is 8.91. The van der Waals surface area contributed by atoms with E-state index in [1.807, 2.05) is 0 Å². The summed E-state index contributed by atoms with van der Waals surface area (Å²) in [5.74, 6) is -0.458. The van der Waals surface area contributed by atoms with Crippen molar-refractivity contribution in [2.75, 3.05) is 0 Å². The second kappa shape index (κ2) is 5.40. The molecule has 3 nitrogen and oxygen atoms in total. The standard InChI is InChI=1S/C7H6O2.C4H11N/c8-6-4-2-1-3-5-7(6)9;1-4(2,3)5/h1-5H,(H,8,9);5H2,1-3H3. The molecule has 0 fully saturated rings. The highest BCUT2D eigenvalue weighted by molar-refractivity contribution is 5.16. The molecule has 0 heterocycles. The largest absolute Gasteiger partial charge is 0.870 e. The average Bonchev–Trinajstić information content (AvgIpc) is 2.14. The summed E-state index contributed by atoms with van der Waals surface area (Å²) in [4.78, 5) is 10.5. The predicted molar refractivity (Wildman–Crippen MR) is 54.8 cm³/mol. The van der Waals surface area contributed by atoms with Crippen molar-refractivity contribution >= 4 is 0 Å². The van der Waals surface area contributed by atoms with E-state index >= 15 is 0 Å². The molecule has 1 aromatic carbocycles. The topological polar surface area (TPSA) is 67.8 Å². The Morgan fingerprint density at radius 2 is 1.57 bits per heavy atom. The van der Waals surface area contributed by atoms with Gasteiger partial charge in [-0.1, -0.05) is 30.0 Å². The van der Waals surface area contributed by atoms with Crippen LogP contribution in [-0.2, 0) is 0 Å². The van der Waals surface area contributed by atoms with Crippen molar-refractivity contribution in [1.29, 1.82) is 0 Å². The van der Waals surface area contributed by atoms with Crippen LogP contribution in [0.2, 0.25) is 0 Å². The van der Waals surface area contributed by atoms with Crippen LogP contribution in [0.1, 0.15) is 20.8 Å². The van der Waals surface area contributed by atoms with E-state index < -0.39 is 11.2 Å². The molecule has 0 spiro atoms. The number of hydrogen-bond acceptors (Lipinski definition) is 2. The molecular weight excluding hydrogens is 178 g/mol. The zero-order chi connectivity index (χ0) is 11.2. The molecule has 14 heavy (non-hydrogen) atoms. The van der Waals surface area contributed by atoms with Crippen molar-refractivity contribution in [1.82, 2.24) is 0 Å². The molecule has 1 aromatic rings. The molecule has 0 bridgehead atoms. The third-order valence-electron chi connectivity index (χ3n) is 0.960. The number of quaternary nitrogens is 1. The fourth-order valence-electron chi connectivity index (χ4n) is 0.514. The van der Waals surface area contributed by atoms with Gasteiger partial charge in [0, 0.05) is 0 Å². The van der Waals surface area contributed by atoms with Crippen molar-refractivity contribution in [3.8, 4) is 5.75 Å². The predicted octanol–water partition coefficient (Wildman–Crippen LogP) is 0.147. The van der Waals surface area contributed by atoms with Crippen LogP contribution in [0.25, 0.3) is 0 Å². The molecule has 0 aliphatic rings. The van der Waals surface area contributed by atoms with Crippen LogP contribution in [0.3, 0.4) is 0 Å². The molecule has 0 aliphatic carbocycles. The highest BCUT2D eigenvalue weighted by Crippen LogP contribution is 1.89. The Bertz CT molecular complexity index is 323. The summed E-state index contributed by atoms with van der Waals surface area (Å²) in [6, 6.07) is 7.24. The Morgan fingerprint density at radius 1 is 1.14 bits per heavy atom. The lowest BCUT2D eigenvalue weighted by Gasteiger charge is -2.01. The van der Waals surface area contributed by atoms with Gasteiger partial charge in [0.1, 0.15) is 0 Å². The van der Waals surface area contributed by atoms with E-state index in [-0.39, 0.29) is 5.54 Å². The van der Waals surface area contributed by atoms with Crippen LogP contribution < -0.4 is 16.3 Å². The van der Waals surface area contributed by atoms with Gasteiger partial charge in [0.25, 0.3) is 0 Å². The fraction of sp³-hybridized carbons (Fsp3) is 0.364. The van der Waals surface area contributed by atoms with E-state index in [0.717, 1.165) is 0 Å². The molecule has 0 saturated heterocycles. The maximum atomic E-state index is 10.5. The van der Waals surface area contributed by atoms with Crippen molar-refractivity contribution < 1.29 is 10.8 Å². The van der Waals surface area contributed by atoms with E-state index in [1.54, 1.807) is 18.2 Å². The maximum absolute atomic E-state index is 10.5. The van der Waals surface area contributed by atoms with E-state index in [9.17, 15) is 9.90 Å². The molecule has 0 atom stereocenters. The Balaban J connectivity index is 0.000000292. The number of hydrogen-bond donors (Lipinski definition) is 1. The SMILES string of the molecule is CC(C)(C)[NH3+].O=c1cccccc1[O-]. The maximum Gasteiger partial charge on any atom is 0.170 e. The molecule has 0 unspecified atom stereocenters. The van der Waals surface area contributed by atoms with Gasteiger partial charge in [-0.05, 0) is 26.8 Å². The number of rotatable bonds is 0. The van der Waals surface area contributed by atoms with Crippen molar-refractivity contribution in [3.63, 3.8) is 0 Å². The Labute approximate surface area is 84.2 Å². The van der Waals surface area contributed by atoms with Crippen molar-refractivity contribution in [2.24, 2.45) is 0 Å². The smallest absolute Gasteiger partial charge is 0.170 e. The third-order valence-corrected chi connectivity index (χ3v) is 0.960. The van der Waals surface area contributed by atoms with E-state index in [1.165, 1.54) is 12.1 Å². The molecule has 0 aromatic heterocycles. The first kappa shape index (κ1) is 12.7. The summed E-state index contributed by atoms with van der Waals surface area (Å²) in [7, 11) is 0. The van der Waals surface area contributed by atoms with Crippen LogP contribution in [0.5, 0.6) is 5.75 Å². The van der Waals surface area contributed by atoms with Gasteiger partial charge in [0.15, 0.2) is 5.43 Å². The van der Waals surface area contributed by atoms with Gasteiger partial charge in [-0.3, -0.25) is 4.79 Å². The first-order valence-corrected chi connectivity index (χ1v) is 4.42. The Morgan fingerprint density at radius 3 is 2.07 bits per heavy atom.